The summed E-state index contributed by atoms with van der Waals surface area (Å²) >= 11 is 6.25. The average molecular weight is 500 g/mol. The van der Waals surface area contributed by atoms with E-state index >= 15 is 0 Å². The summed E-state index contributed by atoms with van der Waals surface area (Å²) in [5.41, 5.74) is 5.59. The van der Waals surface area contributed by atoms with E-state index in [1.807, 2.05) is 19.1 Å². The second-order valence-electron chi connectivity index (χ2n) is 7.67. The minimum absolute atomic E-state index is 0.0724. The maximum Gasteiger partial charge on any atom is 0.264 e. The van der Waals surface area contributed by atoms with Gasteiger partial charge in [-0.3, -0.25) is 9.10 Å². The van der Waals surface area contributed by atoms with Gasteiger partial charge in [-0.25, -0.2) is 13.8 Å². The summed E-state index contributed by atoms with van der Waals surface area (Å²) in [5.74, 6) is 0.109. The fourth-order valence-corrected chi connectivity index (χ4v) is 4.86. The molecule has 3 aromatic rings. The van der Waals surface area contributed by atoms with Crippen molar-refractivity contribution >= 4 is 38.9 Å². The van der Waals surface area contributed by atoms with E-state index in [0.29, 0.717) is 27.7 Å². The second-order valence-corrected chi connectivity index (χ2v) is 9.94. The molecular weight excluding hydrogens is 474 g/mol. The normalized spacial score (nSPS) is 11.7. The zero-order chi connectivity index (χ0) is 24.9. The summed E-state index contributed by atoms with van der Waals surface area (Å²) in [5, 5.41) is 4.53. The van der Waals surface area contributed by atoms with E-state index < -0.39 is 22.5 Å². The van der Waals surface area contributed by atoms with Crippen LogP contribution in [-0.4, -0.2) is 33.7 Å². The van der Waals surface area contributed by atoms with Gasteiger partial charge in [-0.05, 0) is 80.4 Å². The van der Waals surface area contributed by atoms with E-state index in [1.54, 1.807) is 63.4 Å². The van der Waals surface area contributed by atoms with Crippen LogP contribution in [0.2, 0.25) is 5.02 Å². The van der Waals surface area contributed by atoms with Gasteiger partial charge in [-0.15, -0.1) is 0 Å². The number of hydrogen-bond acceptors (Lipinski definition) is 5. The molecule has 9 heteroatoms. The molecule has 178 valence electrons. The van der Waals surface area contributed by atoms with Crippen LogP contribution < -0.4 is 14.5 Å². The van der Waals surface area contributed by atoms with Gasteiger partial charge >= 0.3 is 0 Å². The maximum absolute atomic E-state index is 13.5. The zero-order valence-electron chi connectivity index (χ0n) is 19.4. The van der Waals surface area contributed by atoms with Crippen molar-refractivity contribution in [2.75, 3.05) is 18.0 Å². The van der Waals surface area contributed by atoms with E-state index in [1.165, 1.54) is 12.1 Å². The molecule has 3 aromatic carbocycles. The lowest BCUT2D eigenvalue weighted by Gasteiger charge is -2.25. The van der Waals surface area contributed by atoms with Crippen LogP contribution in [0.3, 0.4) is 0 Å². The van der Waals surface area contributed by atoms with Gasteiger partial charge in [0.25, 0.3) is 15.9 Å². The fourth-order valence-electron chi connectivity index (χ4n) is 3.21. The molecule has 0 heterocycles. The molecule has 0 atom stereocenters. The van der Waals surface area contributed by atoms with Crippen molar-refractivity contribution < 1.29 is 17.9 Å². The highest BCUT2D eigenvalue weighted by Crippen LogP contribution is 2.30. The Bertz CT molecular complexity index is 1300. The van der Waals surface area contributed by atoms with Crippen molar-refractivity contribution in [1.82, 2.24) is 5.43 Å². The number of nitrogens with one attached hydrogen (secondary N) is 1. The Morgan fingerprint density at radius 1 is 1.03 bits per heavy atom. The molecule has 0 aliphatic heterocycles. The van der Waals surface area contributed by atoms with Gasteiger partial charge in [0, 0.05) is 5.02 Å². The quantitative estimate of drug-likeness (QED) is 0.359. The Hall–Kier alpha value is -3.36. The summed E-state index contributed by atoms with van der Waals surface area (Å²) in [6.07, 6.45) is 0. The third-order valence-electron chi connectivity index (χ3n) is 5.26. The van der Waals surface area contributed by atoms with Gasteiger partial charge in [0.15, 0.2) is 0 Å². The third kappa shape index (κ3) is 5.76. The lowest BCUT2D eigenvalue weighted by molar-refractivity contribution is -0.119. The van der Waals surface area contributed by atoms with E-state index in [0.717, 1.165) is 15.4 Å². The van der Waals surface area contributed by atoms with Crippen molar-refractivity contribution in [2.24, 2.45) is 5.10 Å². The number of sulfonamides is 1. The molecule has 0 spiro atoms. The number of amides is 1. The highest BCUT2D eigenvalue weighted by molar-refractivity contribution is 7.92. The van der Waals surface area contributed by atoms with Gasteiger partial charge in [-0.1, -0.05) is 35.4 Å². The van der Waals surface area contributed by atoms with E-state index in [4.69, 9.17) is 16.3 Å². The van der Waals surface area contributed by atoms with Crippen LogP contribution in [0.4, 0.5) is 5.69 Å². The molecule has 0 aliphatic carbocycles. The van der Waals surface area contributed by atoms with Gasteiger partial charge in [-0.2, -0.15) is 5.10 Å². The minimum atomic E-state index is -4.05. The van der Waals surface area contributed by atoms with Crippen LogP contribution in [0.5, 0.6) is 5.75 Å². The molecule has 7 nitrogen and oxygen atoms in total. The molecule has 0 radical (unpaired) electrons. The first kappa shape index (κ1) is 25.3. The average Bonchev–Trinajstić information content (AvgIpc) is 2.83. The Morgan fingerprint density at radius 2 is 1.68 bits per heavy atom. The molecule has 0 bridgehead atoms. The van der Waals surface area contributed by atoms with Gasteiger partial charge in [0.2, 0.25) is 0 Å². The number of halogens is 1. The molecule has 1 N–H and O–H groups in total. The van der Waals surface area contributed by atoms with E-state index in [2.05, 4.69) is 10.5 Å². The standard InChI is InChI=1S/C25H26ClN3O4S/c1-17-8-14-22(15-9-17)34(31,32)29(24-7-5-6-23(26)18(24)2)16-25(30)28-27-19(3)20-10-12-21(33-4)13-11-20/h5-15H,16H2,1-4H3,(H,28,30)/b27-19-. The van der Waals surface area contributed by atoms with Crippen LogP contribution >= 0.6 is 11.6 Å². The Labute approximate surface area is 205 Å². The first-order chi connectivity index (χ1) is 16.1. The number of benzene rings is 3. The number of rotatable bonds is 8. The number of methoxy groups -OCH3 is 1. The smallest absolute Gasteiger partial charge is 0.264 e. The number of anilines is 1. The predicted octanol–water partition coefficient (Wildman–Crippen LogP) is 4.70. The number of aryl methyl sites for hydroxylation is 1. The molecule has 0 fully saturated rings. The largest absolute Gasteiger partial charge is 0.497 e. The van der Waals surface area contributed by atoms with E-state index in [9.17, 15) is 13.2 Å². The predicted molar refractivity (Wildman–Crippen MR) is 135 cm³/mol. The maximum atomic E-state index is 13.5. The van der Waals surface area contributed by atoms with Crippen LogP contribution in [0.25, 0.3) is 0 Å². The van der Waals surface area contributed by atoms with Crippen LogP contribution in [0.15, 0.2) is 76.7 Å². The summed E-state index contributed by atoms with van der Waals surface area (Å²) in [4.78, 5) is 12.9. The first-order valence-electron chi connectivity index (χ1n) is 10.5. The Morgan fingerprint density at radius 3 is 2.29 bits per heavy atom. The summed E-state index contributed by atoms with van der Waals surface area (Å²) in [6, 6.07) is 18.6. The molecule has 3 rings (SSSR count). The molecule has 0 aromatic heterocycles. The Kier molecular flexibility index (Phi) is 7.96. The van der Waals surface area contributed by atoms with Crippen LogP contribution in [0.1, 0.15) is 23.6 Å². The molecule has 0 unspecified atom stereocenters. The zero-order valence-corrected chi connectivity index (χ0v) is 20.9. The number of hydrogen-bond donors (Lipinski definition) is 1. The molecule has 34 heavy (non-hydrogen) atoms. The number of nitrogens with zero attached hydrogens (tertiary/aromatic N) is 2. The number of ether oxygens (including phenoxy) is 1. The summed E-state index contributed by atoms with van der Waals surface area (Å²) < 4.78 is 33.2. The SMILES string of the molecule is COc1ccc(/C(C)=N\NC(=O)CN(c2cccc(Cl)c2C)S(=O)(=O)c2ccc(C)cc2)cc1. The van der Waals surface area contributed by atoms with Crippen LogP contribution in [0, 0.1) is 13.8 Å². The van der Waals surface area contributed by atoms with Crippen LogP contribution in [-0.2, 0) is 14.8 Å². The highest BCUT2D eigenvalue weighted by Gasteiger charge is 2.28. The van der Waals surface area contributed by atoms with E-state index in [-0.39, 0.29) is 4.90 Å². The highest BCUT2D eigenvalue weighted by atomic mass is 35.5. The summed E-state index contributed by atoms with van der Waals surface area (Å²) in [6.45, 7) is 4.84. The topological polar surface area (TPSA) is 88.1 Å². The van der Waals surface area contributed by atoms with Crippen molar-refractivity contribution in [3.63, 3.8) is 0 Å². The molecule has 0 saturated carbocycles. The number of carbonyl (C=O) groups excluding carboxylic acids is 1. The number of carbonyl (C=O) groups is 1. The molecular formula is C25H26ClN3O4S. The molecule has 0 saturated heterocycles. The van der Waals surface area contributed by atoms with Crippen molar-refractivity contribution in [2.45, 2.75) is 25.7 Å². The summed E-state index contributed by atoms with van der Waals surface area (Å²) in [7, 11) is -2.47. The monoisotopic (exact) mass is 499 g/mol. The minimum Gasteiger partial charge on any atom is -0.497 e. The molecule has 0 aliphatic rings. The van der Waals surface area contributed by atoms with Gasteiger partial charge in [0.1, 0.15) is 12.3 Å². The fraction of sp³-hybridized carbons (Fsp3) is 0.200. The lowest BCUT2D eigenvalue weighted by Crippen LogP contribution is -2.40. The lowest BCUT2D eigenvalue weighted by atomic mass is 10.1. The Balaban J connectivity index is 1.90. The van der Waals surface area contributed by atoms with Gasteiger partial charge < -0.3 is 4.74 Å². The first-order valence-corrected chi connectivity index (χ1v) is 12.3. The third-order valence-corrected chi connectivity index (χ3v) is 7.44. The second kappa shape index (κ2) is 10.7. The molecule has 1 amide bonds. The number of hydrazone groups is 1. The van der Waals surface area contributed by atoms with Gasteiger partial charge in [0.05, 0.1) is 23.4 Å². The van der Waals surface area contributed by atoms with Crippen molar-refractivity contribution in [1.29, 1.82) is 0 Å². The van der Waals surface area contributed by atoms with Crippen molar-refractivity contribution in [3.8, 4) is 5.75 Å². The van der Waals surface area contributed by atoms with Crippen molar-refractivity contribution in [3.05, 3.63) is 88.4 Å².